The van der Waals surface area contributed by atoms with Crippen LogP contribution >= 0.6 is 0 Å². The van der Waals surface area contributed by atoms with Crippen LogP contribution in [0.3, 0.4) is 0 Å². The fourth-order valence-corrected chi connectivity index (χ4v) is 2.17. The molecule has 0 unspecified atom stereocenters. The minimum Gasteiger partial charge on any atom is -0.482 e. The number of ether oxygens (including phenoxy) is 1. The molecule has 0 aliphatic carbocycles. The van der Waals surface area contributed by atoms with Gasteiger partial charge in [0.15, 0.2) is 6.61 Å². The van der Waals surface area contributed by atoms with E-state index in [1.807, 2.05) is 30.3 Å². The van der Waals surface area contributed by atoms with Gasteiger partial charge in [0.05, 0.1) is 17.4 Å². The van der Waals surface area contributed by atoms with Gasteiger partial charge in [-0.3, -0.25) is 10.4 Å². The lowest BCUT2D eigenvalue weighted by molar-refractivity contribution is -0.139. The van der Waals surface area contributed by atoms with Crippen LogP contribution in [-0.4, -0.2) is 28.9 Å². The molecule has 3 rings (SSSR count). The Balaban J connectivity index is 1.66. The minimum atomic E-state index is -1.01. The van der Waals surface area contributed by atoms with Gasteiger partial charge in [0, 0.05) is 11.6 Å². The molecule has 2 N–H and O–H groups in total. The fourth-order valence-electron chi connectivity index (χ4n) is 2.17. The van der Waals surface area contributed by atoms with Gasteiger partial charge in [0.1, 0.15) is 5.75 Å². The van der Waals surface area contributed by atoms with Crippen LogP contribution in [0.4, 0.5) is 5.69 Å². The van der Waals surface area contributed by atoms with Crippen molar-refractivity contribution in [2.24, 2.45) is 5.10 Å². The van der Waals surface area contributed by atoms with Crippen molar-refractivity contribution in [3.05, 3.63) is 66.4 Å². The molecule has 0 atom stereocenters. The van der Waals surface area contributed by atoms with Crippen LogP contribution < -0.4 is 10.2 Å². The fraction of sp³-hybridized carbons (Fsp3) is 0.0556. The number of hydrogen-bond acceptors (Lipinski definition) is 5. The monoisotopic (exact) mass is 321 g/mol. The van der Waals surface area contributed by atoms with Crippen LogP contribution in [0.1, 0.15) is 5.56 Å². The Kier molecular flexibility index (Phi) is 4.67. The molecule has 6 nitrogen and oxygen atoms in total. The molecule has 0 saturated heterocycles. The lowest BCUT2D eigenvalue weighted by Crippen LogP contribution is -2.09. The van der Waals surface area contributed by atoms with Crippen molar-refractivity contribution in [2.45, 2.75) is 0 Å². The number of hydrogen-bond donors (Lipinski definition) is 2. The smallest absolute Gasteiger partial charge is 0.341 e. The zero-order valence-corrected chi connectivity index (χ0v) is 12.7. The Morgan fingerprint density at radius 2 is 1.96 bits per heavy atom. The first-order valence-corrected chi connectivity index (χ1v) is 7.30. The predicted octanol–water partition coefficient (Wildman–Crippen LogP) is 3.14. The molecule has 0 spiro atoms. The molecule has 0 saturated carbocycles. The number of aliphatic carboxylic acids is 1. The Bertz CT molecular complexity index is 871. The number of para-hydroxylation sites is 1. The van der Waals surface area contributed by atoms with Crippen molar-refractivity contribution in [3.63, 3.8) is 0 Å². The molecular formula is C18H15N3O3. The van der Waals surface area contributed by atoms with Gasteiger partial charge in [-0.1, -0.05) is 18.2 Å². The molecule has 0 fully saturated rings. The number of rotatable bonds is 6. The van der Waals surface area contributed by atoms with Crippen LogP contribution in [0.2, 0.25) is 0 Å². The lowest BCUT2D eigenvalue weighted by Gasteiger charge is -2.04. The SMILES string of the molecule is O=C(O)COc1ccc(C=NNc2cccc3cccnc23)cc1. The van der Waals surface area contributed by atoms with E-state index in [1.165, 1.54) is 0 Å². The summed E-state index contributed by atoms with van der Waals surface area (Å²) in [5, 5.41) is 13.8. The lowest BCUT2D eigenvalue weighted by atomic mass is 10.2. The van der Waals surface area contributed by atoms with Gasteiger partial charge in [-0.2, -0.15) is 5.10 Å². The highest BCUT2D eigenvalue weighted by Gasteiger charge is 2.00. The van der Waals surface area contributed by atoms with E-state index >= 15 is 0 Å². The van der Waals surface area contributed by atoms with Gasteiger partial charge in [-0.15, -0.1) is 0 Å². The molecule has 0 aliphatic heterocycles. The average Bonchev–Trinajstić information content (AvgIpc) is 2.61. The Morgan fingerprint density at radius 3 is 2.75 bits per heavy atom. The van der Waals surface area contributed by atoms with E-state index in [2.05, 4.69) is 15.5 Å². The topological polar surface area (TPSA) is 83.8 Å². The standard InChI is InChI=1S/C18H15N3O3/c22-17(23)12-24-15-8-6-13(7-9-15)11-20-21-16-5-1-3-14-4-2-10-19-18(14)16/h1-11,21H,12H2,(H,22,23). The molecule has 2 aromatic carbocycles. The predicted molar refractivity (Wildman–Crippen MR) is 92.5 cm³/mol. The maximum absolute atomic E-state index is 10.4. The largest absolute Gasteiger partial charge is 0.482 e. The number of pyridine rings is 1. The number of nitrogens with one attached hydrogen (secondary N) is 1. The summed E-state index contributed by atoms with van der Waals surface area (Å²) in [6.45, 7) is -0.358. The van der Waals surface area contributed by atoms with Gasteiger partial charge >= 0.3 is 5.97 Å². The van der Waals surface area contributed by atoms with Gasteiger partial charge in [0.2, 0.25) is 0 Å². The molecule has 0 bridgehead atoms. The van der Waals surface area contributed by atoms with Crippen molar-refractivity contribution in [2.75, 3.05) is 12.0 Å². The van der Waals surface area contributed by atoms with Crippen LogP contribution in [0.15, 0.2) is 65.9 Å². The first kappa shape index (κ1) is 15.5. The second-order valence-electron chi connectivity index (χ2n) is 5.00. The molecule has 1 heterocycles. The Labute approximate surface area is 138 Å². The van der Waals surface area contributed by atoms with E-state index in [-0.39, 0.29) is 6.61 Å². The number of benzene rings is 2. The second-order valence-corrected chi connectivity index (χ2v) is 5.00. The first-order valence-electron chi connectivity index (χ1n) is 7.30. The zero-order valence-electron chi connectivity index (χ0n) is 12.7. The third kappa shape index (κ3) is 3.86. The van der Waals surface area contributed by atoms with Crippen LogP contribution in [0.5, 0.6) is 5.75 Å². The maximum atomic E-state index is 10.4. The van der Waals surface area contributed by atoms with Crippen molar-refractivity contribution in [3.8, 4) is 5.75 Å². The van der Waals surface area contributed by atoms with E-state index < -0.39 is 5.97 Å². The molecule has 120 valence electrons. The number of anilines is 1. The third-order valence-electron chi connectivity index (χ3n) is 3.27. The van der Waals surface area contributed by atoms with Gasteiger partial charge in [-0.05, 0) is 42.0 Å². The van der Waals surface area contributed by atoms with E-state index in [1.54, 1.807) is 36.7 Å². The summed E-state index contributed by atoms with van der Waals surface area (Å²) in [5.41, 5.74) is 5.53. The quantitative estimate of drug-likeness (QED) is 0.538. The highest BCUT2D eigenvalue weighted by molar-refractivity contribution is 5.90. The summed E-state index contributed by atoms with van der Waals surface area (Å²) in [6, 6.07) is 16.7. The van der Waals surface area contributed by atoms with E-state index in [9.17, 15) is 4.79 Å². The summed E-state index contributed by atoms with van der Waals surface area (Å²) in [6.07, 6.45) is 3.41. The number of fused-ring (bicyclic) bond motifs is 1. The summed E-state index contributed by atoms with van der Waals surface area (Å²) in [7, 11) is 0. The summed E-state index contributed by atoms with van der Waals surface area (Å²) in [4.78, 5) is 14.8. The Hall–Kier alpha value is -3.41. The number of nitrogens with zero attached hydrogens (tertiary/aromatic N) is 2. The molecule has 0 radical (unpaired) electrons. The van der Waals surface area contributed by atoms with Crippen LogP contribution in [-0.2, 0) is 4.79 Å². The number of aromatic nitrogens is 1. The summed E-state index contributed by atoms with van der Waals surface area (Å²) >= 11 is 0. The average molecular weight is 321 g/mol. The normalized spacial score (nSPS) is 10.8. The maximum Gasteiger partial charge on any atom is 0.341 e. The highest BCUT2D eigenvalue weighted by Crippen LogP contribution is 2.20. The van der Waals surface area contributed by atoms with E-state index in [0.29, 0.717) is 5.75 Å². The summed E-state index contributed by atoms with van der Waals surface area (Å²) < 4.78 is 5.08. The molecule has 6 heteroatoms. The number of hydrazone groups is 1. The van der Waals surface area contributed by atoms with Crippen molar-refractivity contribution in [1.29, 1.82) is 0 Å². The third-order valence-corrected chi connectivity index (χ3v) is 3.27. The molecule has 24 heavy (non-hydrogen) atoms. The van der Waals surface area contributed by atoms with E-state index in [4.69, 9.17) is 9.84 Å². The van der Waals surface area contributed by atoms with Gasteiger partial charge in [-0.25, -0.2) is 4.79 Å². The molecule has 3 aromatic rings. The second kappa shape index (κ2) is 7.23. The minimum absolute atomic E-state index is 0.358. The first-order chi connectivity index (χ1) is 11.7. The molecular weight excluding hydrogens is 306 g/mol. The molecule has 1 aromatic heterocycles. The van der Waals surface area contributed by atoms with E-state index in [0.717, 1.165) is 22.2 Å². The highest BCUT2D eigenvalue weighted by atomic mass is 16.5. The van der Waals surface area contributed by atoms with Crippen molar-refractivity contribution < 1.29 is 14.6 Å². The molecule has 0 amide bonds. The number of carboxylic acid groups (broad SMARTS) is 1. The van der Waals surface area contributed by atoms with Crippen molar-refractivity contribution in [1.82, 2.24) is 4.98 Å². The number of carbonyl (C=O) groups is 1. The van der Waals surface area contributed by atoms with Gasteiger partial charge < -0.3 is 9.84 Å². The Morgan fingerprint density at radius 1 is 1.17 bits per heavy atom. The zero-order chi connectivity index (χ0) is 16.8. The van der Waals surface area contributed by atoms with Crippen LogP contribution in [0, 0.1) is 0 Å². The summed E-state index contributed by atoms with van der Waals surface area (Å²) in [5.74, 6) is -0.505. The molecule has 0 aliphatic rings. The number of carboxylic acids is 1. The van der Waals surface area contributed by atoms with Gasteiger partial charge in [0.25, 0.3) is 0 Å². The van der Waals surface area contributed by atoms with Crippen molar-refractivity contribution >= 4 is 28.8 Å². The van der Waals surface area contributed by atoms with Crippen LogP contribution in [0.25, 0.3) is 10.9 Å².